The maximum Gasteiger partial charge on any atom is 0.471 e. The van der Waals surface area contributed by atoms with Crippen molar-refractivity contribution in [3.63, 3.8) is 0 Å². The van der Waals surface area contributed by atoms with Crippen molar-refractivity contribution in [2.24, 2.45) is 0 Å². The van der Waals surface area contributed by atoms with Crippen LogP contribution < -0.4 is 26.0 Å². The number of aliphatic hydroxyl groups is 2. The zero-order valence-electron chi connectivity index (χ0n) is 27.0. The first kappa shape index (κ1) is 35.4. The Labute approximate surface area is 278 Å². The fourth-order valence-corrected chi connectivity index (χ4v) is 6.53. The molecule has 1 unspecified atom stereocenters. The molecular formula is C35H36F3N3O8. The Hall–Kier alpha value is -4.92. The summed E-state index contributed by atoms with van der Waals surface area (Å²) in [5, 5.41) is 26.0. The summed E-state index contributed by atoms with van der Waals surface area (Å²) in [7, 11) is 2.97. The maximum atomic E-state index is 13.1. The lowest BCUT2D eigenvalue weighted by atomic mass is 9.63. The van der Waals surface area contributed by atoms with Gasteiger partial charge in [-0.3, -0.25) is 19.1 Å². The molecule has 260 valence electrons. The Bertz CT molecular complexity index is 1880. The highest BCUT2D eigenvalue weighted by atomic mass is 19.4. The molecule has 1 amide bonds. The Kier molecular flexibility index (Phi) is 9.77. The number of amides is 1. The number of benzene rings is 3. The second kappa shape index (κ2) is 13.5. The standard InChI is InChI=1S/C35H36F3N3O8/c1-33(2,40-31(45)35(36,37)38)23-19-41(32(46)39-30(23)44)27-18-24(42)28(49-27)29(43)34(20-12-6-5-7-13-20,21-14-8-10-16-25(21)47-3)22-15-9-11-17-26(22)48-4/h5-17,19,24,27-29,42-43H,18H2,1-4H3,(H,40,45)(H,39,44,46)/t24-,27+,28-,29?/m0/s1. The van der Waals surface area contributed by atoms with Crippen molar-refractivity contribution >= 4 is 5.91 Å². The molecule has 14 heteroatoms. The van der Waals surface area contributed by atoms with Gasteiger partial charge in [0.05, 0.1) is 36.8 Å². The van der Waals surface area contributed by atoms with E-state index in [4.69, 9.17) is 14.2 Å². The van der Waals surface area contributed by atoms with Gasteiger partial charge >= 0.3 is 17.8 Å². The smallest absolute Gasteiger partial charge is 0.471 e. The lowest BCUT2D eigenvalue weighted by molar-refractivity contribution is -0.175. The average Bonchev–Trinajstić information content (AvgIpc) is 3.46. The van der Waals surface area contributed by atoms with Crippen LogP contribution in [0.3, 0.4) is 0 Å². The van der Waals surface area contributed by atoms with Gasteiger partial charge in [-0.25, -0.2) is 4.79 Å². The summed E-state index contributed by atoms with van der Waals surface area (Å²) in [5.74, 6) is -1.47. The molecule has 4 N–H and O–H groups in total. The molecule has 0 saturated carbocycles. The topological polar surface area (TPSA) is 152 Å². The van der Waals surface area contributed by atoms with Crippen molar-refractivity contribution in [3.05, 3.63) is 128 Å². The van der Waals surface area contributed by atoms with Crippen LogP contribution in [0.25, 0.3) is 0 Å². The molecule has 0 bridgehead atoms. The lowest BCUT2D eigenvalue weighted by Gasteiger charge is -2.43. The molecule has 1 aliphatic heterocycles. The van der Waals surface area contributed by atoms with Crippen LogP contribution in [-0.2, 0) is 20.5 Å². The van der Waals surface area contributed by atoms with E-state index in [1.807, 2.05) is 0 Å². The van der Waals surface area contributed by atoms with Crippen LogP contribution >= 0.6 is 0 Å². The summed E-state index contributed by atoms with van der Waals surface area (Å²) in [6.07, 6.45) is -10.2. The van der Waals surface area contributed by atoms with Crippen molar-refractivity contribution in [3.8, 4) is 11.5 Å². The molecule has 11 nitrogen and oxygen atoms in total. The normalized spacial score (nSPS) is 18.9. The van der Waals surface area contributed by atoms with Gasteiger partial charge in [-0.15, -0.1) is 0 Å². The minimum Gasteiger partial charge on any atom is -0.496 e. The van der Waals surface area contributed by atoms with Gasteiger partial charge in [0.1, 0.15) is 29.9 Å². The largest absolute Gasteiger partial charge is 0.496 e. The number of alkyl halides is 3. The van der Waals surface area contributed by atoms with Crippen LogP contribution in [0.1, 0.15) is 48.8 Å². The minimum absolute atomic E-state index is 0.259. The number of aromatic amines is 1. The number of para-hydroxylation sites is 2. The molecule has 2 heterocycles. The van der Waals surface area contributed by atoms with Crippen molar-refractivity contribution in [2.75, 3.05) is 14.2 Å². The first-order valence-corrected chi connectivity index (χ1v) is 15.3. The predicted octanol–water partition coefficient (Wildman–Crippen LogP) is 3.51. The summed E-state index contributed by atoms with van der Waals surface area (Å²) >= 11 is 0. The summed E-state index contributed by atoms with van der Waals surface area (Å²) in [5.41, 5.74) is -4.21. The highest BCUT2D eigenvalue weighted by Crippen LogP contribution is 2.51. The monoisotopic (exact) mass is 683 g/mol. The van der Waals surface area contributed by atoms with E-state index in [9.17, 15) is 37.8 Å². The Morgan fingerprint density at radius 3 is 1.98 bits per heavy atom. The predicted molar refractivity (Wildman–Crippen MR) is 171 cm³/mol. The van der Waals surface area contributed by atoms with Crippen molar-refractivity contribution in [1.29, 1.82) is 0 Å². The summed E-state index contributed by atoms with van der Waals surface area (Å²) in [6.45, 7) is 2.34. The van der Waals surface area contributed by atoms with Crippen LogP contribution in [0.4, 0.5) is 13.2 Å². The average molecular weight is 684 g/mol. The van der Waals surface area contributed by atoms with Crippen molar-refractivity contribution < 1.29 is 42.4 Å². The van der Waals surface area contributed by atoms with Crippen LogP contribution in [0.15, 0.2) is 94.6 Å². The van der Waals surface area contributed by atoms with E-state index in [0.717, 1.165) is 10.8 Å². The molecule has 49 heavy (non-hydrogen) atoms. The van der Waals surface area contributed by atoms with Gasteiger partial charge in [-0.1, -0.05) is 66.7 Å². The number of hydrogen-bond donors (Lipinski definition) is 4. The number of methoxy groups -OCH3 is 2. The number of nitrogens with zero attached hydrogens (tertiary/aromatic N) is 1. The zero-order valence-corrected chi connectivity index (χ0v) is 27.0. The fourth-order valence-electron chi connectivity index (χ4n) is 6.53. The number of carbonyl (C=O) groups excluding carboxylic acids is 1. The number of rotatable bonds is 10. The SMILES string of the molecule is COc1ccccc1C(c1ccccc1)(c1ccccc1OC)C(O)[C@H]1O[C@@H](n2cc(C(C)(C)NC(=O)C(F)(F)F)c(=O)[nH]c2=O)C[C@@H]1O. The quantitative estimate of drug-likeness (QED) is 0.186. The number of H-pyrrole nitrogens is 1. The van der Waals surface area contributed by atoms with Gasteiger partial charge in [0.2, 0.25) is 0 Å². The summed E-state index contributed by atoms with van der Waals surface area (Å²) in [4.78, 5) is 39.7. The fraction of sp³-hybridized carbons (Fsp3) is 0.343. The Morgan fingerprint density at radius 2 is 1.45 bits per heavy atom. The number of aliphatic hydroxyl groups excluding tert-OH is 2. The van der Waals surface area contributed by atoms with Crippen LogP contribution in [0.2, 0.25) is 0 Å². The Balaban J connectivity index is 1.65. The molecule has 1 aliphatic rings. The number of nitrogens with one attached hydrogen (secondary N) is 2. The van der Waals surface area contributed by atoms with Gasteiger partial charge in [0.15, 0.2) is 0 Å². The van der Waals surface area contributed by atoms with E-state index in [1.54, 1.807) is 84.2 Å². The molecule has 0 aliphatic carbocycles. The third-order valence-corrected chi connectivity index (χ3v) is 8.82. The number of aromatic nitrogens is 2. The van der Waals surface area contributed by atoms with E-state index in [2.05, 4.69) is 4.98 Å². The lowest BCUT2D eigenvalue weighted by Crippen LogP contribution is -2.52. The third kappa shape index (κ3) is 6.46. The van der Waals surface area contributed by atoms with Gasteiger partial charge in [-0.2, -0.15) is 13.2 Å². The minimum atomic E-state index is -5.23. The van der Waals surface area contributed by atoms with E-state index in [1.165, 1.54) is 28.1 Å². The van der Waals surface area contributed by atoms with E-state index >= 15 is 0 Å². The maximum absolute atomic E-state index is 13.1. The van der Waals surface area contributed by atoms with Gasteiger partial charge in [-0.05, 0) is 31.5 Å². The summed E-state index contributed by atoms with van der Waals surface area (Å²) < 4.78 is 57.9. The second-order valence-electron chi connectivity index (χ2n) is 12.2. The zero-order chi connectivity index (χ0) is 35.7. The molecule has 1 saturated heterocycles. The van der Waals surface area contributed by atoms with Gasteiger partial charge < -0.3 is 29.7 Å². The van der Waals surface area contributed by atoms with Crippen LogP contribution in [0, 0.1) is 0 Å². The first-order valence-electron chi connectivity index (χ1n) is 15.3. The Morgan fingerprint density at radius 1 is 0.918 bits per heavy atom. The molecule has 5 rings (SSSR count). The summed E-state index contributed by atoms with van der Waals surface area (Å²) in [6, 6.07) is 23.1. The van der Waals surface area contributed by atoms with E-state index < -0.39 is 58.8 Å². The second-order valence-corrected chi connectivity index (χ2v) is 12.2. The molecular weight excluding hydrogens is 647 g/mol. The molecule has 0 radical (unpaired) electrons. The third-order valence-electron chi connectivity index (χ3n) is 8.82. The van der Waals surface area contributed by atoms with E-state index in [0.29, 0.717) is 28.2 Å². The highest BCUT2D eigenvalue weighted by Gasteiger charge is 2.54. The molecule has 0 spiro atoms. The number of carbonyl (C=O) groups is 1. The first-order chi connectivity index (χ1) is 23.2. The van der Waals surface area contributed by atoms with Crippen LogP contribution in [0.5, 0.6) is 11.5 Å². The molecule has 4 atom stereocenters. The van der Waals surface area contributed by atoms with E-state index in [-0.39, 0.29) is 12.0 Å². The van der Waals surface area contributed by atoms with Crippen LogP contribution in [-0.4, -0.2) is 64.4 Å². The highest BCUT2D eigenvalue weighted by molar-refractivity contribution is 5.82. The molecule has 1 fully saturated rings. The molecule has 3 aromatic carbocycles. The number of halogens is 3. The molecule has 4 aromatic rings. The number of hydrogen-bond acceptors (Lipinski definition) is 8. The van der Waals surface area contributed by atoms with Gasteiger partial charge in [0, 0.05) is 23.7 Å². The van der Waals surface area contributed by atoms with Crippen molar-refractivity contribution in [1.82, 2.24) is 14.9 Å². The van der Waals surface area contributed by atoms with Crippen molar-refractivity contribution in [2.45, 2.75) is 61.9 Å². The number of ether oxygens (including phenoxy) is 3. The van der Waals surface area contributed by atoms with Gasteiger partial charge in [0.25, 0.3) is 5.56 Å². The molecule has 1 aromatic heterocycles.